The molecule has 2 N–H and O–H groups in total. The second-order valence-corrected chi connectivity index (χ2v) is 7.92. The highest BCUT2D eigenvalue weighted by Gasteiger charge is 2.29. The maximum atomic E-state index is 12.6. The first-order valence-electron chi connectivity index (χ1n) is 8.81. The molecule has 0 saturated carbocycles. The molecular formula is C22H16F3N2OS. The minimum atomic E-state index is -4.31. The predicted molar refractivity (Wildman–Crippen MR) is 109 cm³/mol. The van der Waals surface area contributed by atoms with Crippen LogP contribution in [-0.4, -0.2) is 16.0 Å². The van der Waals surface area contributed by atoms with Gasteiger partial charge in [0.05, 0.1) is 11.0 Å². The van der Waals surface area contributed by atoms with Crippen LogP contribution in [0.3, 0.4) is 0 Å². The Morgan fingerprint density at radius 1 is 1.14 bits per heavy atom. The van der Waals surface area contributed by atoms with E-state index < -0.39 is 11.4 Å². The van der Waals surface area contributed by atoms with Gasteiger partial charge in [-0.2, -0.15) is 13.2 Å². The van der Waals surface area contributed by atoms with Gasteiger partial charge in [-0.15, -0.1) is 0 Å². The minimum absolute atomic E-state index is 0.134. The molecular weight excluding hydrogens is 397 g/mol. The van der Waals surface area contributed by atoms with Crippen molar-refractivity contribution in [3.8, 4) is 0 Å². The number of benzene rings is 3. The van der Waals surface area contributed by atoms with E-state index in [4.69, 9.17) is 5.73 Å². The number of primary amides is 1. The number of carbonyl (C=O) groups excluding carboxylic acids is 1. The van der Waals surface area contributed by atoms with E-state index in [0.717, 1.165) is 32.9 Å². The Morgan fingerprint density at radius 3 is 2.52 bits per heavy atom. The number of thioether (sulfide) groups is 1. The molecule has 0 aliphatic heterocycles. The third kappa shape index (κ3) is 3.82. The van der Waals surface area contributed by atoms with Gasteiger partial charge in [0.2, 0.25) is 5.91 Å². The molecule has 0 spiro atoms. The fourth-order valence-corrected chi connectivity index (χ4v) is 4.05. The van der Waals surface area contributed by atoms with Crippen molar-refractivity contribution >= 4 is 39.5 Å². The summed E-state index contributed by atoms with van der Waals surface area (Å²) in [6.07, 6.45) is 0. The average Bonchev–Trinajstić information content (AvgIpc) is 2.95. The number of amides is 1. The maximum Gasteiger partial charge on any atom is 0.446 e. The quantitative estimate of drug-likeness (QED) is 0.439. The van der Waals surface area contributed by atoms with E-state index in [1.807, 2.05) is 29.7 Å². The Balaban J connectivity index is 1.83. The number of rotatable bonds is 4. The molecule has 4 rings (SSSR count). The van der Waals surface area contributed by atoms with Gasteiger partial charge >= 0.3 is 5.51 Å². The first-order valence-corrected chi connectivity index (χ1v) is 9.62. The van der Waals surface area contributed by atoms with Crippen molar-refractivity contribution in [3.63, 3.8) is 0 Å². The molecule has 0 aliphatic carbocycles. The van der Waals surface area contributed by atoms with Crippen molar-refractivity contribution < 1.29 is 18.0 Å². The molecule has 0 bridgehead atoms. The number of carbonyl (C=O) groups is 1. The molecule has 0 atom stereocenters. The van der Waals surface area contributed by atoms with E-state index in [1.54, 1.807) is 24.3 Å². The third-order valence-corrected chi connectivity index (χ3v) is 5.44. The van der Waals surface area contributed by atoms with E-state index in [9.17, 15) is 18.0 Å². The zero-order valence-corrected chi connectivity index (χ0v) is 16.2. The summed E-state index contributed by atoms with van der Waals surface area (Å²) in [7, 11) is 0. The summed E-state index contributed by atoms with van der Waals surface area (Å²) in [5.41, 5.74) is 5.26. The number of aromatic nitrogens is 1. The van der Waals surface area contributed by atoms with Crippen molar-refractivity contribution in [2.75, 3.05) is 0 Å². The van der Waals surface area contributed by atoms with Crippen LogP contribution in [0.5, 0.6) is 0 Å². The van der Waals surface area contributed by atoms with Crippen LogP contribution in [-0.2, 0) is 6.54 Å². The minimum Gasteiger partial charge on any atom is -0.366 e. The lowest BCUT2D eigenvalue weighted by Crippen LogP contribution is -2.11. The second-order valence-electron chi connectivity index (χ2n) is 6.78. The van der Waals surface area contributed by atoms with Gasteiger partial charge in [0, 0.05) is 27.8 Å². The maximum absolute atomic E-state index is 12.6. The molecule has 7 heteroatoms. The highest BCUT2D eigenvalue weighted by Crippen LogP contribution is 2.37. The first-order chi connectivity index (χ1) is 13.7. The summed E-state index contributed by atoms with van der Waals surface area (Å²) in [6.45, 7) is 2.40. The number of hydrogen-bond donors (Lipinski definition) is 1. The van der Waals surface area contributed by atoms with Crippen LogP contribution in [0.15, 0.2) is 59.5 Å². The Hall–Kier alpha value is -2.93. The molecule has 1 heterocycles. The SMILES string of the molecule is Cc1c[c]c2c3c(C(N)=O)cccc3n(Cc3ccc(SC(F)(F)F)cc3)c2c1. The van der Waals surface area contributed by atoms with Crippen LogP contribution in [0, 0.1) is 13.0 Å². The summed E-state index contributed by atoms with van der Waals surface area (Å²) in [5.74, 6) is -0.517. The molecule has 0 unspecified atom stereocenters. The molecule has 3 aromatic carbocycles. The molecule has 3 nitrogen and oxygen atoms in total. The molecule has 4 aromatic rings. The van der Waals surface area contributed by atoms with Crippen LogP contribution < -0.4 is 5.73 Å². The number of fused-ring (bicyclic) bond motifs is 3. The number of alkyl halides is 3. The van der Waals surface area contributed by atoms with E-state index in [1.165, 1.54) is 12.1 Å². The van der Waals surface area contributed by atoms with Crippen LogP contribution in [0.2, 0.25) is 0 Å². The van der Waals surface area contributed by atoms with Crippen molar-refractivity contribution in [1.29, 1.82) is 0 Å². The lowest BCUT2D eigenvalue weighted by atomic mass is 10.1. The fraction of sp³-hybridized carbons (Fsp3) is 0.136. The average molecular weight is 413 g/mol. The van der Waals surface area contributed by atoms with Gasteiger partial charge < -0.3 is 10.3 Å². The highest BCUT2D eigenvalue weighted by atomic mass is 32.2. The number of nitrogens with zero attached hydrogens (tertiary/aromatic N) is 1. The van der Waals surface area contributed by atoms with E-state index in [2.05, 4.69) is 6.07 Å². The molecule has 147 valence electrons. The normalized spacial score (nSPS) is 12.0. The lowest BCUT2D eigenvalue weighted by molar-refractivity contribution is -0.0328. The van der Waals surface area contributed by atoms with Crippen LogP contribution >= 0.6 is 11.8 Å². The largest absolute Gasteiger partial charge is 0.446 e. The smallest absolute Gasteiger partial charge is 0.366 e. The highest BCUT2D eigenvalue weighted by molar-refractivity contribution is 8.00. The van der Waals surface area contributed by atoms with Crippen molar-refractivity contribution in [2.24, 2.45) is 5.73 Å². The summed E-state index contributed by atoms with van der Waals surface area (Å²) in [6, 6.07) is 18.8. The second kappa shape index (κ2) is 7.15. The summed E-state index contributed by atoms with van der Waals surface area (Å²) < 4.78 is 39.7. The van der Waals surface area contributed by atoms with E-state index >= 15 is 0 Å². The third-order valence-electron chi connectivity index (χ3n) is 4.70. The monoisotopic (exact) mass is 413 g/mol. The van der Waals surface area contributed by atoms with E-state index in [0.29, 0.717) is 12.1 Å². The molecule has 0 fully saturated rings. The van der Waals surface area contributed by atoms with Gasteiger partial charge in [-0.3, -0.25) is 4.79 Å². The number of hydrogen-bond acceptors (Lipinski definition) is 2. The number of nitrogens with two attached hydrogens (primary N) is 1. The molecule has 1 amide bonds. The molecule has 1 radical (unpaired) electrons. The van der Waals surface area contributed by atoms with Crippen molar-refractivity contribution in [2.45, 2.75) is 23.9 Å². The van der Waals surface area contributed by atoms with Gasteiger partial charge in [-0.25, -0.2) is 0 Å². The standard InChI is InChI=1S/C22H16F3N2OS/c1-13-5-10-16-19(11-13)27(18-4-2-3-17(20(16)18)21(26)28)12-14-6-8-15(9-7-14)29-22(23,24)25/h2-9,11H,12H2,1H3,(H2,26,28). The zero-order valence-electron chi connectivity index (χ0n) is 15.4. The first kappa shape index (κ1) is 19.4. The van der Waals surface area contributed by atoms with Gasteiger partial charge in [-0.05, 0) is 66.2 Å². The molecule has 29 heavy (non-hydrogen) atoms. The number of halogens is 3. The van der Waals surface area contributed by atoms with Crippen LogP contribution in [0.4, 0.5) is 13.2 Å². The van der Waals surface area contributed by atoms with Crippen molar-refractivity contribution in [3.05, 3.63) is 77.4 Å². The van der Waals surface area contributed by atoms with E-state index in [-0.39, 0.29) is 16.7 Å². The topological polar surface area (TPSA) is 48.0 Å². The Bertz CT molecular complexity index is 1230. The van der Waals surface area contributed by atoms with Crippen LogP contribution in [0.25, 0.3) is 21.8 Å². The zero-order chi connectivity index (χ0) is 20.8. The molecule has 0 saturated heterocycles. The predicted octanol–water partition coefficient (Wildman–Crippen LogP) is 5.66. The van der Waals surface area contributed by atoms with Gasteiger partial charge in [0.15, 0.2) is 0 Å². The Morgan fingerprint density at radius 2 is 1.86 bits per heavy atom. The summed E-state index contributed by atoms with van der Waals surface area (Å²) in [5, 5.41) is 1.53. The summed E-state index contributed by atoms with van der Waals surface area (Å²) >= 11 is -0.134. The Labute approximate surface area is 169 Å². The van der Waals surface area contributed by atoms with Crippen molar-refractivity contribution in [1.82, 2.24) is 4.57 Å². The van der Waals surface area contributed by atoms with Gasteiger partial charge in [-0.1, -0.05) is 24.3 Å². The lowest BCUT2D eigenvalue weighted by Gasteiger charge is -2.10. The van der Waals surface area contributed by atoms with Gasteiger partial charge in [0.1, 0.15) is 0 Å². The fourth-order valence-electron chi connectivity index (χ4n) is 3.51. The molecule has 0 aliphatic rings. The van der Waals surface area contributed by atoms with Gasteiger partial charge in [0.25, 0.3) is 0 Å². The van der Waals surface area contributed by atoms with Crippen LogP contribution in [0.1, 0.15) is 21.5 Å². The number of aryl methyl sites for hydroxylation is 1. The molecule has 1 aromatic heterocycles. The summed E-state index contributed by atoms with van der Waals surface area (Å²) in [4.78, 5) is 12.1. The Kier molecular flexibility index (Phi) is 4.78.